The van der Waals surface area contributed by atoms with E-state index in [0.717, 1.165) is 5.56 Å². The molecule has 2 atom stereocenters. The summed E-state index contributed by atoms with van der Waals surface area (Å²) in [5, 5.41) is 0. The molecule has 1 aliphatic rings. The quantitative estimate of drug-likeness (QED) is 0.718. The Kier molecular flexibility index (Phi) is 2.41. The molecule has 0 aliphatic carbocycles. The van der Waals surface area contributed by atoms with E-state index in [0.29, 0.717) is 5.56 Å². The Hall–Kier alpha value is -1.74. The topological polar surface area (TPSA) is 12.5 Å². The number of hydrogen-bond donors (Lipinski definition) is 0. The molecule has 2 unspecified atom stereocenters. The molecular formula is C14H10F2O. The number of benzene rings is 2. The molecule has 2 aromatic carbocycles. The van der Waals surface area contributed by atoms with Crippen LogP contribution in [-0.4, -0.2) is 0 Å². The minimum Gasteiger partial charge on any atom is -0.359 e. The predicted molar refractivity (Wildman–Crippen MR) is 59.4 cm³/mol. The predicted octanol–water partition coefficient (Wildman–Crippen LogP) is 3.78. The molecule has 1 nitrogen and oxygen atoms in total. The third-order valence-electron chi connectivity index (χ3n) is 2.90. The van der Waals surface area contributed by atoms with E-state index in [1.165, 1.54) is 18.2 Å². The van der Waals surface area contributed by atoms with Gasteiger partial charge in [-0.05, 0) is 23.8 Å². The Bertz CT molecular complexity index is 536. The molecule has 1 fully saturated rings. The highest BCUT2D eigenvalue weighted by atomic mass is 19.1. The maximum atomic E-state index is 13.5. The molecule has 0 saturated carbocycles. The van der Waals surface area contributed by atoms with Crippen molar-refractivity contribution >= 4 is 0 Å². The summed E-state index contributed by atoms with van der Waals surface area (Å²) in [6.45, 7) is 0. The van der Waals surface area contributed by atoms with Crippen LogP contribution in [0.25, 0.3) is 0 Å². The Morgan fingerprint density at radius 2 is 1.53 bits per heavy atom. The average Bonchev–Trinajstić information content (AvgIpc) is 3.11. The van der Waals surface area contributed by atoms with Gasteiger partial charge < -0.3 is 4.74 Å². The molecule has 3 rings (SSSR count). The molecule has 1 aliphatic heterocycles. The Morgan fingerprint density at radius 3 is 2.24 bits per heavy atom. The van der Waals surface area contributed by atoms with Crippen molar-refractivity contribution in [2.75, 3.05) is 0 Å². The summed E-state index contributed by atoms with van der Waals surface area (Å²) in [6.07, 6.45) is -0.408. The summed E-state index contributed by atoms with van der Waals surface area (Å²) >= 11 is 0. The lowest BCUT2D eigenvalue weighted by molar-refractivity contribution is 0.373. The van der Waals surface area contributed by atoms with Crippen LogP contribution in [0.5, 0.6) is 0 Å². The molecule has 3 heteroatoms. The number of hydrogen-bond acceptors (Lipinski definition) is 1. The standard InChI is InChI=1S/C14H10F2O/c15-10-7-5-9(6-8-10)13-14(17-13)11-3-1-2-4-12(11)16/h1-8,13-14H. The number of halogens is 2. The number of ether oxygens (including phenoxy) is 1. The van der Waals surface area contributed by atoms with Gasteiger partial charge in [0.15, 0.2) is 0 Å². The molecule has 0 aromatic heterocycles. The van der Waals surface area contributed by atoms with E-state index >= 15 is 0 Å². The molecular weight excluding hydrogens is 222 g/mol. The third kappa shape index (κ3) is 1.94. The van der Waals surface area contributed by atoms with E-state index in [4.69, 9.17) is 4.74 Å². The molecule has 2 aromatic rings. The van der Waals surface area contributed by atoms with Crippen LogP contribution >= 0.6 is 0 Å². The largest absolute Gasteiger partial charge is 0.359 e. The molecule has 1 heterocycles. The van der Waals surface area contributed by atoms with Gasteiger partial charge in [0.2, 0.25) is 0 Å². The lowest BCUT2D eigenvalue weighted by Crippen LogP contribution is -1.89. The highest BCUT2D eigenvalue weighted by Crippen LogP contribution is 2.51. The molecule has 86 valence electrons. The van der Waals surface area contributed by atoms with Crippen molar-refractivity contribution in [3.63, 3.8) is 0 Å². The smallest absolute Gasteiger partial charge is 0.129 e. The Labute approximate surface area is 97.7 Å². The molecule has 0 spiro atoms. The SMILES string of the molecule is Fc1ccc(C2OC2c2ccccc2F)cc1. The van der Waals surface area contributed by atoms with Gasteiger partial charge in [-0.15, -0.1) is 0 Å². The summed E-state index contributed by atoms with van der Waals surface area (Å²) in [4.78, 5) is 0. The maximum Gasteiger partial charge on any atom is 0.129 e. The fourth-order valence-electron chi connectivity index (χ4n) is 1.96. The van der Waals surface area contributed by atoms with E-state index in [-0.39, 0.29) is 23.8 Å². The van der Waals surface area contributed by atoms with Gasteiger partial charge in [0.05, 0.1) is 0 Å². The van der Waals surface area contributed by atoms with E-state index in [9.17, 15) is 8.78 Å². The Morgan fingerprint density at radius 1 is 0.824 bits per heavy atom. The van der Waals surface area contributed by atoms with Crippen LogP contribution in [0.3, 0.4) is 0 Å². The molecule has 0 amide bonds. The van der Waals surface area contributed by atoms with Gasteiger partial charge in [0.1, 0.15) is 23.8 Å². The van der Waals surface area contributed by atoms with Crippen molar-refractivity contribution in [1.29, 1.82) is 0 Å². The molecule has 0 bridgehead atoms. The van der Waals surface area contributed by atoms with E-state index in [1.54, 1.807) is 30.3 Å². The second kappa shape index (κ2) is 3.93. The van der Waals surface area contributed by atoms with Crippen molar-refractivity contribution in [3.05, 3.63) is 71.3 Å². The monoisotopic (exact) mass is 232 g/mol. The second-order valence-corrected chi connectivity index (χ2v) is 4.05. The van der Waals surface area contributed by atoms with Crippen molar-refractivity contribution in [2.24, 2.45) is 0 Å². The van der Waals surface area contributed by atoms with Gasteiger partial charge in [0, 0.05) is 5.56 Å². The maximum absolute atomic E-state index is 13.5. The van der Waals surface area contributed by atoms with Gasteiger partial charge in [-0.2, -0.15) is 0 Å². The number of epoxide rings is 1. The highest BCUT2D eigenvalue weighted by molar-refractivity contribution is 5.31. The van der Waals surface area contributed by atoms with Gasteiger partial charge >= 0.3 is 0 Å². The van der Waals surface area contributed by atoms with E-state index in [2.05, 4.69) is 0 Å². The summed E-state index contributed by atoms with van der Waals surface area (Å²) in [5.41, 5.74) is 1.43. The third-order valence-corrected chi connectivity index (χ3v) is 2.90. The van der Waals surface area contributed by atoms with Crippen molar-refractivity contribution in [1.82, 2.24) is 0 Å². The first-order valence-electron chi connectivity index (χ1n) is 5.41. The zero-order valence-corrected chi connectivity index (χ0v) is 8.94. The zero-order valence-electron chi connectivity index (χ0n) is 8.94. The number of rotatable bonds is 2. The molecule has 0 N–H and O–H groups in total. The summed E-state index contributed by atoms with van der Waals surface area (Å²) in [7, 11) is 0. The molecule has 1 saturated heterocycles. The van der Waals surface area contributed by atoms with Crippen molar-refractivity contribution in [2.45, 2.75) is 12.2 Å². The first-order chi connectivity index (χ1) is 8.25. The van der Waals surface area contributed by atoms with Crippen LogP contribution in [0.2, 0.25) is 0 Å². The normalized spacial score (nSPS) is 22.5. The zero-order chi connectivity index (χ0) is 11.8. The lowest BCUT2D eigenvalue weighted by atomic mass is 10.0. The van der Waals surface area contributed by atoms with Crippen LogP contribution in [0, 0.1) is 11.6 Å². The van der Waals surface area contributed by atoms with Crippen LogP contribution in [0.1, 0.15) is 23.3 Å². The van der Waals surface area contributed by atoms with Crippen LogP contribution < -0.4 is 0 Å². The second-order valence-electron chi connectivity index (χ2n) is 4.05. The van der Waals surface area contributed by atoms with E-state index < -0.39 is 0 Å². The van der Waals surface area contributed by atoms with Crippen LogP contribution in [0.4, 0.5) is 8.78 Å². The van der Waals surface area contributed by atoms with E-state index in [1.807, 2.05) is 0 Å². The summed E-state index contributed by atoms with van der Waals surface area (Å²) < 4.78 is 31.7. The Balaban J connectivity index is 1.83. The molecule has 17 heavy (non-hydrogen) atoms. The van der Waals surface area contributed by atoms with Crippen molar-refractivity contribution < 1.29 is 13.5 Å². The first-order valence-corrected chi connectivity index (χ1v) is 5.41. The fraction of sp³-hybridized carbons (Fsp3) is 0.143. The minimum atomic E-state index is -0.281. The van der Waals surface area contributed by atoms with Gasteiger partial charge in [-0.1, -0.05) is 30.3 Å². The summed E-state index contributed by atoms with van der Waals surface area (Å²) in [5.74, 6) is -0.543. The minimum absolute atomic E-state index is 0.160. The van der Waals surface area contributed by atoms with Gasteiger partial charge in [-0.3, -0.25) is 0 Å². The van der Waals surface area contributed by atoms with Crippen LogP contribution in [-0.2, 0) is 4.74 Å². The van der Waals surface area contributed by atoms with Gasteiger partial charge in [-0.25, -0.2) is 8.78 Å². The average molecular weight is 232 g/mol. The highest BCUT2D eigenvalue weighted by Gasteiger charge is 2.42. The summed E-state index contributed by atoms with van der Waals surface area (Å²) in [6, 6.07) is 12.7. The van der Waals surface area contributed by atoms with Crippen LogP contribution in [0.15, 0.2) is 48.5 Å². The van der Waals surface area contributed by atoms with Gasteiger partial charge in [0.25, 0.3) is 0 Å². The fourth-order valence-corrected chi connectivity index (χ4v) is 1.96. The molecule has 0 radical (unpaired) electrons. The lowest BCUT2D eigenvalue weighted by Gasteiger charge is -1.98. The van der Waals surface area contributed by atoms with Crippen molar-refractivity contribution in [3.8, 4) is 0 Å². The first kappa shape index (κ1) is 10.4.